The maximum Gasteiger partial charge on any atom is 0.251 e. The Morgan fingerprint density at radius 1 is 1.05 bits per heavy atom. The highest BCUT2D eigenvalue weighted by molar-refractivity contribution is 5.59. The first kappa shape index (κ1) is 13.3. The van der Waals surface area contributed by atoms with Crippen LogP contribution >= 0.6 is 0 Å². The molecular formula is C16H13FN2O2. The summed E-state index contributed by atoms with van der Waals surface area (Å²) in [5.74, 6) is 0.816. The molecule has 0 amide bonds. The van der Waals surface area contributed by atoms with Gasteiger partial charge >= 0.3 is 0 Å². The number of nitrogens with zero attached hydrogens (tertiary/aromatic N) is 2. The monoisotopic (exact) mass is 284 g/mol. The van der Waals surface area contributed by atoms with Crippen LogP contribution in [0.1, 0.15) is 6.92 Å². The first-order chi connectivity index (χ1) is 10.3. The number of hydrogen-bond donors (Lipinski definition) is 0. The number of benzene rings is 2. The third-order valence-electron chi connectivity index (χ3n) is 2.92. The average Bonchev–Trinajstić information content (AvgIpc) is 2.98. The molecule has 21 heavy (non-hydrogen) atoms. The van der Waals surface area contributed by atoms with E-state index in [1.54, 1.807) is 18.2 Å². The summed E-state index contributed by atoms with van der Waals surface area (Å²) in [5, 5.41) is 7.87. The number of aromatic nitrogens is 2. The van der Waals surface area contributed by atoms with Crippen molar-refractivity contribution in [3.8, 4) is 28.7 Å². The van der Waals surface area contributed by atoms with Crippen molar-refractivity contribution >= 4 is 0 Å². The van der Waals surface area contributed by atoms with Crippen LogP contribution in [0.3, 0.4) is 0 Å². The Kier molecular flexibility index (Phi) is 3.64. The van der Waals surface area contributed by atoms with Crippen molar-refractivity contribution in [1.29, 1.82) is 0 Å². The van der Waals surface area contributed by atoms with Gasteiger partial charge in [-0.3, -0.25) is 0 Å². The summed E-state index contributed by atoms with van der Waals surface area (Å²) in [6.45, 7) is 2.49. The van der Waals surface area contributed by atoms with Gasteiger partial charge in [0, 0.05) is 5.56 Å². The van der Waals surface area contributed by atoms with E-state index in [9.17, 15) is 4.39 Å². The quantitative estimate of drug-likeness (QED) is 0.728. The smallest absolute Gasteiger partial charge is 0.251 e. The summed E-state index contributed by atoms with van der Waals surface area (Å²) in [7, 11) is 0. The predicted molar refractivity (Wildman–Crippen MR) is 76.3 cm³/mol. The largest absolute Gasteiger partial charge is 0.494 e. The van der Waals surface area contributed by atoms with Gasteiger partial charge < -0.3 is 9.15 Å². The van der Waals surface area contributed by atoms with Gasteiger partial charge in [0.2, 0.25) is 5.89 Å². The molecule has 0 unspecified atom stereocenters. The van der Waals surface area contributed by atoms with E-state index in [-0.39, 0.29) is 11.5 Å². The normalized spacial score (nSPS) is 10.6. The molecule has 0 saturated carbocycles. The Morgan fingerprint density at radius 2 is 1.86 bits per heavy atom. The first-order valence-electron chi connectivity index (χ1n) is 6.59. The second kappa shape index (κ2) is 5.75. The van der Waals surface area contributed by atoms with Crippen LogP contribution in [0.5, 0.6) is 5.75 Å². The SMILES string of the molecule is CCOc1cccc(-c2nnc(-c3ccccc3F)o2)c1. The molecule has 0 saturated heterocycles. The molecule has 0 spiro atoms. The molecule has 1 aromatic heterocycles. The van der Waals surface area contributed by atoms with Crippen molar-refractivity contribution in [2.45, 2.75) is 6.92 Å². The fourth-order valence-corrected chi connectivity index (χ4v) is 1.97. The van der Waals surface area contributed by atoms with Crippen LogP contribution < -0.4 is 4.74 Å². The van der Waals surface area contributed by atoms with E-state index in [0.29, 0.717) is 12.5 Å². The molecule has 3 rings (SSSR count). The average molecular weight is 284 g/mol. The Labute approximate surface area is 121 Å². The van der Waals surface area contributed by atoms with E-state index >= 15 is 0 Å². The fraction of sp³-hybridized carbons (Fsp3) is 0.125. The fourth-order valence-electron chi connectivity index (χ4n) is 1.97. The van der Waals surface area contributed by atoms with Crippen molar-refractivity contribution in [3.63, 3.8) is 0 Å². The maximum absolute atomic E-state index is 13.7. The maximum atomic E-state index is 13.7. The molecule has 3 aromatic rings. The highest BCUT2D eigenvalue weighted by atomic mass is 19.1. The van der Waals surface area contributed by atoms with Gasteiger partial charge in [0.1, 0.15) is 11.6 Å². The van der Waals surface area contributed by atoms with Gasteiger partial charge in [-0.1, -0.05) is 18.2 Å². The zero-order chi connectivity index (χ0) is 14.7. The Hall–Kier alpha value is -2.69. The lowest BCUT2D eigenvalue weighted by Crippen LogP contribution is -1.91. The van der Waals surface area contributed by atoms with E-state index in [2.05, 4.69) is 10.2 Å². The summed E-state index contributed by atoms with van der Waals surface area (Å²) in [4.78, 5) is 0. The molecule has 106 valence electrons. The molecule has 0 N–H and O–H groups in total. The van der Waals surface area contributed by atoms with Crippen molar-refractivity contribution in [3.05, 3.63) is 54.3 Å². The van der Waals surface area contributed by atoms with Crippen LogP contribution in [-0.2, 0) is 0 Å². The molecule has 0 atom stereocenters. The van der Waals surface area contributed by atoms with Crippen molar-refractivity contribution in [1.82, 2.24) is 10.2 Å². The van der Waals surface area contributed by atoms with Gasteiger partial charge in [-0.05, 0) is 37.3 Å². The van der Waals surface area contributed by atoms with Gasteiger partial charge in [-0.25, -0.2) is 4.39 Å². The zero-order valence-electron chi connectivity index (χ0n) is 11.4. The minimum absolute atomic E-state index is 0.157. The molecule has 1 heterocycles. The summed E-state index contributed by atoms with van der Waals surface area (Å²) in [6, 6.07) is 13.6. The van der Waals surface area contributed by atoms with Gasteiger partial charge in [-0.15, -0.1) is 10.2 Å². The van der Waals surface area contributed by atoms with Crippen LogP contribution in [0, 0.1) is 5.82 Å². The van der Waals surface area contributed by atoms with Crippen molar-refractivity contribution < 1.29 is 13.5 Å². The lowest BCUT2D eigenvalue weighted by atomic mass is 10.2. The highest BCUT2D eigenvalue weighted by Gasteiger charge is 2.13. The molecular weight excluding hydrogens is 271 g/mol. The third-order valence-corrected chi connectivity index (χ3v) is 2.92. The Balaban J connectivity index is 1.95. The highest BCUT2D eigenvalue weighted by Crippen LogP contribution is 2.27. The first-order valence-corrected chi connectivity index (χ1v) is 6.59. The third kappa shape index (κ3) is 2.76. The van der Waals surface area contributed by atoms with Crippen LogP contribution in [0.25, 0.3) is 22.9 Å². The Bertz CT molecular complexity index is 755. The van der Waals surface area contributed by atoms with E-state index in [0.717, 1.165) is 11.3 Å². The van der Waals surface area contributed by atoms with Crippen LogP contribution in [0.4, 0.5) is 4.39 Å². The lowest BCUT2D eigenvalue weighted by Gasteiger charge is -2.03. The summed E-state index contributed by atoms with van der Waals surface area (Å²) in [5.41, 5.74) is 1.02. The van der Waals surface area contributed by atoms with E-state index in [4.69, 9.17) is 9.15 Å². The molecule has 2 aromatic carbocycles. The number of hydrogen-bond acceptors (Lipinski definition) is 4. The number of rotatable bonds is 4. The molecule has 0 aliphatic heterocycles. The standard InChI is InChI=1S/C16H13FN2O2/c1-2-20-12-7-5-6-11(10-12)15-18-19-16(21-15)13-8-3-4-9-14(13)17/h3-10H,2H2,1H3. The molecule has 0 bridgehead atoms. The number of ether oxygens (including phenoxy) is 1. The van der Waals surface area contributed by atoms with E-state index in [1.807, 2.05) is 31.2 Å². The lowest BCUT2D eigenvalue weighted by molar-refractivity contribution is 0.340. The summed E-state index contributed by atoms with van der Waals surface area (Å²) < 4.78 is 24.7. The van der Waals surface area contributed by atoms with Gasteiger partial charge in [-0.2, -0.15) is 0 Å². The van der Waals surface area contributed by atoms with Crippen LogP contribution in [0.2, 0.25) is 0 Å². The topological polar surface area (TPSA) is 48.2 Å². The Morgan fingerprint density at radius 3 is 2.67 bits per heavy atom. The van der Waals surface area contributed by atoms with Crippen molar-refractivity contribution in [2.24, 2.45) is 0 Å². The van der Waals surface area contributed by atoms with Crippen molar-refractivity contribution in [2.75, 3.05) is 6.61 Å². The summed E-state index contributed by atoms with van der Waals surface area (Å²) in [6.07, 6.45) is 0. The van der Waals surface area contributed by atoms with E-state index < -0.39 is 5.82 Å². The molecule has 5 heteroatoms. The van der Waals surface area contributed by atoms with E-state index in [1.165, 1.54) is 6.07 Å². The zero-order valence-corrected chi connectivity index (χ0v) is 11.4. The molecule has 0 aliphatic carbocycles. The molecule has 0 radical (unpaired) electrons. The number of halogens is 1. The minimum Gasteiger partial charge on any atom is -0.494 e. The van der Waals surface area contributed by atoms with Crippen LogP contribution in [-0.4, -0.2) is 16.8 Å². The van der Waals surface area contributed by atoms with Gasteiger partial charge in [0.25, 0.3) is 5.89 Å². The van der Waals surface area contributed by atoms with Crippen LogP contribution in [0.15, 0.2) is 52.9 Å². The summed E-state index contributed by atoms with van der Waals surface area (Å²) >= 11 is 0. The minimum atomic E-state index is -0.393. The second-order valence-corrected chi connectivity index (χ2v) is 4.35. The van der Waals surface area contributed by atoms with Gasteiger partial charge in [0.05, 0.1) is 12.2 Å². The second-order valence-electron chi connectivity index (χ2n) is 4.35. The molecule has 4 nitrogen and oxygen atoms in total. The molecule has 0 fully saturated rings. The van der Waals surface area contributed by atoms with Gasteiger partial charge in [0.15, 0.2) is 0 Å². The molecule has 0 aliphatic rings. The predicted octanol–water partition coefficient (Wildman–Crippen LogP) is 3.94.